The summed E-state index contributed by atoms with van der Waals surface area (Å²) >= 11 is 11.8. The van der Waals surface area contributed by atoms with Crippen molar-refractivity contribution >= 4 is 40.9 Å². The number of aryl methyl sites for hydroxylation is 2. The second-order valence-corrected chi connectivity index (χ2v) is 7.44. The Morgan fingerprint density at radius 2 is 1.93 bits per heavy atom. The Balaban J connectivity index is 1.56. The van der Waals surface area contributed by atoms with E-state index in [4.69, 9.17) is 27.9 Å². The zero-order valence-corrected chi connectivity index (χ0v) is 16.4. The molecule has 0 saturated heterocycles. The lowest BCUT2D eigenvalue weighted by Crippen LogP contribution is -2.30. The van der Waals surface area contributed by atoms with Crippen molar-refractivity contribution in [2.45, 2.75) is 45.1 Å². The number of benzene rings is 1. The van der Waals surface area contributed by atoms with Gasteiger partial charge in [-0.3, -0.25) is 9.59 Å². The summed E-state index contributed by atoms with van der Waals surface area (Å²) in [6, 6.07) is 7.57. The summed E-state index contributed by atoms with van der Waals surface area (Å²) in [5, 5.41) is 3.10. The van der Waals surface area contributed by atoms with Crippen LogP contribution in [-0.2, 0) is 33.6 Å². The van der Waals surface area contributed by atoms with E-state index in [1.54, 1.807) is 0 Å². The molecule has 1 atom stereocenters. The monoisotopic (exact) mass is 406 g/mol. The molecular weight excluding hydrogens is 387 g/mol. The second kappa shape index (κ2) is 8.72. The predicted octanol–water partition coefficient (Wildman–Crippen LogP) is 4.38. The number of fused-ring (bicyclic) bond motifs is 1. The van der Waals surface area contributed by atoms with Gasteiger partial charge in [0.05, 0.1) is 16.5 Å². The molecule has 1 aliphatic carbocycles. The fraction of sp³-hybridized carbons (Fsp3) is 0.350. The van der Waals surface area contributed by atoms with Crippen LogP contribution in [0.3, 0.4) is 0 Å². The smallest absolute Gasteiger partial charge is 0.311 e. The number of halogens is 2. The summed E-state index contributed by atoms with van der Waals surface area (Å²) in [7, 11) is 0. The maximum Gasteiger partial charge on any atom is 0.311 e. The van der Waals surface area contributed by atoms with Gasteiger partial charge in [-0.05, 0) is 55.4 Å². The lowest BCUT2D eigenvalue weighted by molar-refractivity contribution is -0.152. The molecule has 0 bridgehead atoms. The highest BCUT2D eigenvalue weighted by Gasteiger charge is 2.20. The van der Waals surface area contributed by atoms with E-state index in [1.807, 2.05) is 6.07 Å². The van der Waals surface area contributed by atoms with Crippen LogP contribution in [0.1, 0.15) is 36.5 Å². The molecule has 1 aliphatic rings. The number of ether oxygens (including phenoxy) is 1. The van der Waals surface area contributed by atoms with Gasteiger partial charge in [0.15, 0.2) is 11.9 Å². The molecule has 1 amide bonds. The normalized spacial score (nSPS) is 14.2. The van der Waals surface area contributed by atoms with Crippen LogP contribution < -0.4 is 5.32 Å². The van der Waals surface area contributed by atoms with Crippen LogP contribution in [-0.4, -0.2) is 23.0 Å². The van der Waals surface area contributed by atoms with Crippen LogP contribution in [0.2, 0.25) is 10.0 Å². The van der Waals surface area contributed by atoms with Crippen molar-refractivity contribution in [1.82, 2.24) is 4.98 Å². The first-order valence-electron chi connectivity index (χ1n) is 8.84. The van der Waals surface area contributed by atoms with E-state index in [-0.39, 0.29) is 17.3 Å². The molecule has 1 N–H and O–H groups in total. The molecule has 2 aromatic rings. The van der Waals surface area contributed by atoms with E-state index in [0.29, 0.717) is 5.02 Å². The van der Waals surface area contributed by atoms with E-state index in [2.05, 4.69) is 22.4 Å². The third kappa shape index (κ3) is 5.21. The SMILES string of the molecule is C[C@H](OC(=O)Cc1ccc2c(c1)CCCC2)C(=O)Nc1ncc(Cl)cc1Cl. The zero-order chi connectivity index (χ0) is 19.4. The summed E-state index contributed by atoms with van der Waals surface area (Å²) in [5.41, 5.74) is 3.56. The van der Waals surface area contributed by atoms with E-state index < -0.39 is 18.0 Å². The minimum atomic E-state index is -0.969. The van der Waals surface area contributed by atoms with Crippen LogP contribution in [0.5, 0.6) is 0 Å². The van der Waals surface area contributed by atoms with Crippen molar-refractivity contribution in [2.24, 2.45) is 0 Å². The highest BCUT2D eigenvalue weighted by atomic mass is 35.5. The molecule has 0 fully saturated rings. The summed E-state index contributed by atoms with van der Waals surface area (Å²) in [6.07, 6.45) is 5.07. The molecule has 0 radical (unpaired) electrons. The first kappa shape index (κ1) is 19.6. The summed E-state index contributed by atoms with van der Waals surface area (Å²) in [6.45, 7) is 1.50. The molecule has 0 saturated carbocycles. The number of hydrogen-bond donors (Lipinski definition) is 1. The van der Waals surface area contributed by atoms with E-state index in [9.17, 15) is 9.59 Å². The largest absolute Gasteiger partial charge is 0.452 e. The maximum atomic E-state index is 12.2. The molecule has 5 nitrogen and oxygen atoms in total. The topological polar surface area (TPSA) is 68.3 Å². The molecule has 1 aromatic heterocycles. The van der Waals surface area contributed by atoms with Gasteiger partial charge in [0.25, 0.3) is 5.91 Å². The number of esters is 1. The lowest BCUT2D eigenvalue weighted by atomic mass is 9.90. The molecule has 0 unspecified atom stereocenters. The minimum absolute atomic E-state index is 0.130. The van der Waals surface area contributed by atoms with Gasteiger partial charge in [-0.25, -0.2) is 4.98 Å². The minimum Gasteiger partial charge on any atom is -0.452 e. The molecule has 7 heteroatoms. The van der Waals surface area contributed by atoms with E-state index in [1.165, 1.54) is 43.2 Å². The maximum absolute atomic E-state index is 12.2. The second-order valence-electron chi connectivity index (χ2n) is 6.59. The third-order valence-electron chi connectivity index (χ3n) is 4.49. The first-order chi connectivity index (χ1) is 12.9. The van der Waals surface area contributed by atoms with Crippen LogP contribution in [0.25, 0.3) is 0 Å². The van der Waals surface area contributed by atoms with Crippen molar-refractivity contribution < 1.29 is 14.3 Å². The molecular formula is C20H20Cl2N2O3. The number of carbonyl (C=O) groups excluding carboxylic acids is 2. The van der Waals surface area contributed by atoms with Crippen molar-refractivity contribution in [3.8, 4) is 0 Å². The Bertz CT molecular complexity index is 870. The fourth-order valence-corrected chi connectivity index (χ4v) is 3.51. The highest BCUT2D eigenvalue weighted by molar-refractivity contribution is 6.36. The fourth-order valence-electron chi connectivity index (χ4n) is 3.08. The number of nitrogens with zero attached hydrogens (tertiary/aromatic N) is 1. The Morgan fingerprint density at radius 3 is 2.67 bits per heavy atom. The van der Waals surface area contributed by atoms with Gasteiger partial charge in [-0.2, -0.15) is 0 Å². The number of carbonyl (C=O) groups is 2. The molecule has 1 aromatic carbocycles. The highest BCUT2D eigenvalue weighted by Crippen LogP contribution is 2.24. The molecule has 0 aliphatic heterocycles. The number of aromatic nitrogens is 1. The summed E-state index contributed by atoms with van der Waals surface area (Å²) < 4.78 is 5.25. The van der Waals surface area contributed by atoms with E-state index in [0.717, 1.165) is 18.4 Å². The van der Waals surface area contributed by atoms with Gasteiger partial charge in [-0.15, -0.1) is 0 Å². The average molecular weight is 407 g/mol. The standard InChI is InChI=1S/C20H20Cl2N2O3/c1-12(20(26)24-19-17(22)10-16(21)11-23-19)27-18(25)9-13-6-7-14-4-2-3-5-15(14)8-13/h6-8,10-12H,2-5,9H2,1H3,(H,23,24,26)/t12-/m0/s1. The van der Waals surface area contributed by atoms with Crippen molar-refractivity contribution in [1.29, 1.82) is 0 Å². The van der Waals surface area contributed by atoms with Crippen LogP contribution in [0, 0.1) is 0 Å². The van der Waals surface area contributed by atoms with Crippen LogP contribution in [0.4, 0.5) is 5.82 Å². The van der Waals surface area contributed by atoms with Gasteiger partial charge >= 0.3 is 5.97 Å². The quantitative estimate of drug-likeness (QED) is 0.747. The first-order valence-corrected chi connectivity index (χ1v) is 9.60. The average Bonchev–Trinajstić information content (AvgIpc) is 2.63. The van der Waals surface area contributed by atoms with Gasteiger partial charge in [0.1, 0.15) is 0 Å². The number of anilines is 1. The Labute approximate surface area is 168 Å². The van der Waals surface area contributed by atoms with Gasteiger partial charge < -0.3 is 10.1 Å². The molecule has 0 spiro atoms. The van der Waals surface area contributed by atoms with E-state index >= 15 is 0 Å². The van der Waals surface area contributed by atoms with Crippen LogP contribution >= 0.6 is 23.2 Å². The molecule has 142 valence electrons. The third-order valence-corrected chi connectivity index (χ3v) is 4.98. The van der Waals surface area contributed by atoms with Crippen molar-refractivity contribution in [3.63, 3.8) is 0 Å². The Morgan fingerprint density at radius 1 is 1.19 bits per heavy atom. The number of hydrogen-bond acceptors (Lipinski definition) is 4. The summed E-state index contributed by atoms with van der Waals surface area (Å²) in [4.78, 5) is 28.4. The zero-order valence-electron chi connectivity index (χ0n) is 14.9. The number of amides is 1. The lowest BCUT2D eigenvalue weighted by Gasteiger charge is -2.17. The Kier molecular flexibility index (Phi) is 6.34. The van der Waals surface area contributed by atoms with Gasteiger partial charge in [0, 0.05) is 6.20 Å². The number of rotatable bonds is 5. The van der Waals surface area contributed by atoms with Crippen molar-refractivity contribution in [3.05, 3.63) is 57.2 Å². The van der Waals surface area contributed by atoms with Crippen LogP contribution in [0.15, 0.2) is 30.5 Å². The number of pyridine rings is 1. The molecule has 3 rings (SSSR count). The van der Waals surface area contributed by atoms with Gasteiger partial charge in [-0.1, -0.05) is 41.4 Å². The number of nitrogens with one attached hydrogen (secondary N) is 1. The predicted molar refractivity (Wildman–Crippen MR) is 105 cm³/mol. The summed E-state index contributed by atoms with van der Waals surface area (Å²) in [5.74, 6) is -0.794. The molecule has 1 heterocycles. The molecule has 27 heavy (non-hydrogen) atoms. The van der Waals surface area contributed by atoms with Crippen molar-refractivity contribution in [2.75, 3.05) is 5.32 Å². The van der Waals surface area contributed by atoms with Gasteiger partial charge in [0.2, 0.25) is 0 Å². The Hall–Kier alpha value is -2.11.